The molecular weight excluding hydrogens is 505 g/mol. The summed E-state index contributed by atoms with van der Waals surface area (Å²) < 4.78 is 7.35. The summed E-state index contributed by atoms with van der Waals surface area (Å²) in [5.74, 6) is 2.83. The van der Waals surface area contributed by atoms with Gasteiger partial charge in [-0.3, -0.25) is 0 Å². The molecule has 1 aliphatic rings. The summed E-state index contributed by atoms with van der Waals surface area (Å²) in [5.41, 5.74) is 2.28. The van der Waals surface area contributed by atoms with Crippen molar-refractivity contribution in [1.82, 2.24) is 25.0 Å². The number of halogens is 1. The highest BCUT2D eigenvalue weighted by Crippen LogP contribution is 2.20. The lowest BCUT2D eigenvalue weighted by Gasteiger charge is -2.38. The summed E-state index contributed by atoms with van der Waals surface area (Å²) in [6.07, 6.45) is 2.67. The molecule has 0 spiro atoms. The first-order valence-corrected chi connectivity index (χ1v) is 10.5. The van der Waals surface area contributed by atoms with Crippen LogP contribution >= 0.6 is 24.0 Å². The Morgan fingerprint density at radius 1 is 1.19 bits per heavy atom. The average Bonchev–Trinajstić information content (AvgIpc) is 3.23. The zero-order chi connectivity index (χ0) is 21.3. The molecular formula is C22H34IN7O. The summed E-state index contributed by atoms with van der Waals surface area (Å²) in [6.45, 7) is 14.0. The second-order valence-corrected chi connectivity index (χ2v) is 7.49. The van der Waals surface area contributed by atoms with Crippen LogP contribution in [0.2, 0.25) is 0 Å². The lowest BCUT2D eigenvalue weighted by Crippen LogP contribution is -2.53. The Kier molecular flexibility index (Phi) is 10.1. The van der Waals surface area contributed by atoms with E-state index in [0.717, 1.165) is 68.8 Å². The monoisotopic (exact) mass is 539 g/mol. The van der Waals surface area contributed by atoms with Crippen LogP contribution in [0.3, 0.4) is 0 Å². The summed E-state index contributed by atoms with van der Waals surface area (Å²) in [5, 5.41) is 11.7. The predicted octanol–water partition coefficient (Wildman–Crippen LogP) is 2.81. The standard InChI is InChI=1S/C22H33N7O.HI/c1-5-21-26-25-17-29(21)11-10-23-22(24-16-18(2)3)28-14-12-27(13-15-28)19-6-8-20(30-4)9-7-19;/h6-9,17H,2,5,10-16H2,1,3-4H3,(H,23,24);1H. The van der Waals surface area contributed by atoms with Crippen molar-refractivity contribution in [2.24, 2.45) is 4.99 Å². The topological polar surface area (TPSA) is 70.8 Å². The van der Waals surface area contributed by atoms with Gasteiger partial charge in [0.25, 0.3) is 0 Å². The van der Waals surface area contributed by atoms with E-state index in [-0.39, 0.29) is 24.0 Å². The fourth-order valence-electron chi connectivity index (χ4n) is 3.47. The predicted molar refractivity (Wildman–Crippen MR) is 137 cm³/mol. The van der Waals surface area contributed by atoms with Crippen molar-refractivity contribution in [1.29, 1.82) is 0 Å². The van der Waals surface area contributed by atoms with E-state index >= 15 is 0 Å². The molecule has 1 aromatic carbocycles. The SMILES string of the molecule is C=C(C)CN=C(NCCn1cnnc1CC)N1CCN(c2ccc(OC)cc2)CC1.I. The van der Waals surface area contributed by atoms with Gasteiger partial charge in [-0.25, -0.2) is 4.99 Å². The molecule has 1 N–H and O–H groups in total. The molecule has 0 radical (unpaired) electrons. The van der Waals surface area contributed by atoms with Crippen LogP contribution in [-0.4, -0.2) is 72.0 Å². The first kappa shape index (κ1) is 25.0. The third kappa shape index (κ3) is 7.12. The molecule has 0 unspecified atom stereocenters. The summed E-state index contributed by atoms with van der Waals surface area (Å²) in [6, 6.07) is 8.26. The Morgan fingerprint density at radius 3 is 2.52 bits per heavy atom. The Labute approximate surface area is 202 Å². The van der Waals surface area contributed by atoms with Crippen LogP contribution < -0.4 is 15.0 Å². The van der Waals surface area contributed by atoms with Crippen molar-refractivity contribution < 1.29 is 4.74 Å². The van der Waals surface area contributed by atoms with Crippen LogP contribution in [0.5, 0.6) is 5.75 Å². The van der Waals surface area contributed by atoms with Crippen molar-refractivity contribution in [3.8, 4) is 5.75 Å². The summed E-state index contributed by atoms with van der Waals surface area (Å²) in [4.78, 5) is 9.51. The molecule has 1 aromatic heterocycles. The molecule has 0 bridgehead atoms. The molecule has 31 heavy (non-hydrogen) atoms. The minimum Gasteiger partial charge on any atom is -0.497 e. The first-order chi connectivity index (χ1) is 14.6. The van der Waals surface area contributed by atoms with E-state index in [0.29, 0.717) is 6.54 Å². The lowest BCUT2D eigenvalue weighted by molar-refractivity contribution is 0.371. The van der Waals surface area contributed by atoms with Crippen molar-refractivity contribution in [2.45, 2.75) is 26.8 Å². The molecule has 3 rings (SSSR count). The van der Waals surface area contributed by atoms with E-state index in [2.05, 4.69) is 55.5 Å². The van der Waals surface area contributed by atoms with E-state index in [1.807, 2.05) is 19.1 Å². The molecule has 0 aliphatic carbocycles. The molecule has 0 atom stereocenters. The van der Waals surface area contributed by atoms with Crippen LogP contribution in [0.15, 0.2) is 47.7 Å². The quantitative estimate of drug-likeness (QED) is 0.241. The number of nitrogens with one attached hydrogen (secondary N) is 1. The fraction of sp³-hybridized carbons (Fsp3) is 0.500. The van der Waals surface area contributed by atoms with Crippen molar-refractivity contribution in [3.63, 3.8) is 0 Å². The number of benzene rings is 1. The summed E-state index contributed by atoms with van der Waals surface area (Å²) >= 11 is 0. The summed E-state index contributed by atoms with van der Waals surface area (Å²) in [7, 11) is 1.69. The van der Waals surface area contributed by atoms with Gasteiger partial charge in [0.2, 0.25) is 0 Å². The van der Waals surface area contributed by atoms with E-state index in [9.17, 15) is 0 Å². The minimum absolute atomic E-state index is 0. The number of aryl methyl sites for hydroxylation is 1. The van der Waals surface area contributed by atoms with Crippen LogP contribution in [0.1, 0.15) is 19.7 Å². The van der Waals surface area contributed by atoms with Gasteiger partial charge in [0, 0.05) is 51.4 Å². The van der Waals surface area contributed by atoms with Gasteiger partial charge in [0.15, 0.2) is 5.96 Å². The maximum atomic E-state index is 5.26. The van der Waals surface area contributed by atoms with Gasteiger partial charge in [0.05, 0.1) is 13.7 Å². The lowest BCUT2D eigenvalue weighted by atomic mass is 10.2. The van der Waals surface area contributed by atoms with Gasteiger partial charge in [-0.05, 0) is 31.2 Å². The van der Waals surface area contributed by atoms with Crippen LogP contribution in [0.4, 0.5) is 5.69 Å². The number of methoxy groups -OCH3 is 1. The number of aliphatic imine (C=N–C) groups is 1. The Hall–Kier alpha value is -2.30. The number of hydrogen-bond donors (Lipinski definition) is 1. The normalized spacial score (nSPS) is 14.2. The third-order valence-corrected chi connectivity index (χ3v) is 5.16. The number of hydrogen-bond acceptors (Lipinski definition) is 5. The molecule has 170 valence electrons. The molecule has 1 saturated heterocycles. The number of guanidine groups is 1. The van der Waals surface area contributed by atoms with Gasteiger partial charge in [0.1, 0.15) is 17.9 Å². The molecule has 1 fully saturated rings. The number of anilines is 1. The Bertz CT molecular complexity index is 842. The molecule has 0 amide bonds. The third-order valence-electron chi connectivity index (χ3n) is 5.16. The maximum absolute atomic E-state index is 5.26. The van der Waals surface area contributed by atoms with Gasteiger partial charge in [-0.2, -0.15) is 0 Å². The Balaban J connectivity index is 0.00000341. The van der Waals surface area contributed by atoms with Crippen molar-refractivity contribution in [2.75, 3.05) is 51.3 Å². The van der Waals surface area contributed by atoms with Gasteiger partial charge in [-0.1, -0.05) is 19.1 Å². The minimum atomic E-state index is 0. The number of nitrogens with zero attached hydrogens (tertiary/aromatic N) is 6. The van der Waals surface area contributed by atoms with Crippen LogP contribution in [0, 0.1) is 0 Å². The molecule has 2 aromatic rings. The Morgan fingerprint density at radius 2 is 1.90 bits per heavy atom. The number of ether oxygens (including phenoxy) is 1. The zero-order valence-electron chi connectivity index (χ0n) is 18.8. The van der Waals surface area contributed by atoms with E-state index in [4.69, 9.17) is 9.73 Å². The first-order valence-electron chi connectivity index (χ1n) is 10.5. The van der Waals surface area contributed by atoms with Gasteiger partial charge < -0.3 is 24.4 Å². The van der Waals surface area contributed by atoms with Crippen LogP contribution in [0.25, 0.3) is 0 Å². The smallest absolute Gasteiger partial charge is 0.194 e. The van der Waals surface area contributed by atoms with E-state index in [1.54, 1.807) is 13.4 Å². The van der Waals surface area contributed by atoms with E-state index in [1.165, 1.54) is 5.69 Å². The molecule has 2 heterocycles. The highest BCUT2D eigenvalue weighted by Gasteiger charge is 2.20. The molecule has 1 aliphatic heterocycles. The number of aromatic nitrogens is 3. The number of rotatable bonds is 8. The second-order valence-electron chi connectivity index (χ2n) is 7.49. The average molecular weight is 539 g/mol. The highest BCUT2D eigenvalue weighted by atomic mass is 127. The highest BCUT2D eigenvalue weighted by molar-refractivity contribution is 14.0. The largest absolute Gasteiger partial charge is 0.497 e. The molecule has 0 saturated carbocycles. The van der Waals surface area contributed by atoms with Gasteiger partial charge >= 0.3 is 0 Å². The van der Waals surface area contributed by atoms with Crippen molar-refractivity contribution in [3.05, 3.63) is 48.6 Å². The number of piperazine rings is 1. The second kappa shape index (κ2) is 12.5. The van der Waals surface area contributed by atoms with Crippen molar-refractivity contribution >= 4 is 35.6 Å². The zero-order valence-corrected chi connectivity index (χ0v) is 21.1. The molecule has 8 nitrogen and oxygen atoms in total. The molecule has 9 heteroatoms. The van der Waals surface area contributed by atoms with E-state index < -0.39 is 0 Å². The fourth-order valence-corrected chi connectivity index (χ4v) is 3.47. The maximum Gasteiger partial charge on any atom is 0.194 e. The van der Waals surface area contributed by atoms with Crippen LogP contribution in [-0.2, 0) is 13.0 Å². The van der Waals surface area contributed by atoms with Gasteiger partial charge in [-0.15, -0.1) is 34.2 Å².